The van der Waals surface area contributed by atoms with Crippen molar-refractivity contribution in [2.75, 3.05) is 13.2 Å². The largest absolute Gasteiger partial charge is 0.508 e. The molecule has 0 bridgehead atoms. The molecule has 2 heterocycles. The van der Waals surface area contributed by atoms with Gasteiger partial charge in [0.25, 0.3) is 5.56 Å². The molecule has 1 aliphatic heterocycles. The number of ether oxygens (including phenoxy) is 2. The summed E-state index contributed by atoms with van der Waals surface area (Å²) in [6.07, 6.45) is 3.69. The Morgan fingerprint density at radius 3 is 2.88 bits per heavy atom. The minimum atomic E-state index is -0.664. The highest BCUT2D eigenvalue weighted by molar-refractivity contribution is 5.83. The number of nitrogens with zero attached hydrogens (tertiary/aromatic N) is 1. The van der Waals surface area contributed by atoms with E-state index >= 15 is 0 Å². The van der Waals surface area contributed by atoms with Crippen LogP contribution in [0.1, 0.15) is 12.8 Å². The van der Waals surface area contributed by atoms with Crippen LogP contribution in [-0.4, -0.2) is 29.0 Å². The molecule has 2 aromatic carbocycles. The number of aromatic hydroxyl groups is 1. The third-order valence-corrected chi connectivity index (χ3v) is 4.53. The van der Waals surface area contributed by atoms with E-state index in [4.69, 9.17) is 9.47 Å². The summed E-state index contributed by atoms with van der Waals surface area (Å²) < 4.78 is 26.6. The van der Waals surface area contributed by atoms with Crippen molar-refractivity contribution in [1.29, 1.82) is 0 Å². The molecule has 0 aliphatic carbocycles. The standard InChI is InChI=1S/C20H18FNO4/c21-18-11-14(23)3-6-19(18)22-8-7-13-10-15(4-5-17(13)20(22)24)26-12-16-2-1-9-25-16/h3-8,10-11,16,23H,1-2,9,12H2. The second-order valence-electron chi connectivity index (χ2n) is 6.32. The molecule has 1 N–H and O–H groups in total. The lowest BCUT2D eigenvalue weighted by Gasteiger charge is -2.12. The molecule has 4 rings (SSSR count). The van der Waals surface area contributed by atoms with E-state index in [1.54, 1.807) is 24.3 Å². The fourth-order valence-corrected chi connectivity index (χ4v) is 3.16. The maximum Gasteiger partial charge on any atom is 0.263 e. The zero-order chi connectivity index (χ0) is 18.1. The van der Waals surface area contributed by atoms with E-state index in [1.807, 2.05) is 0 Å². The Morgan fingerprint density at radius 1 is 1.23 bits per heavy atom. The monoisotopic (exact) mass is 355 g/mol. The van der Waals surface area contributed by atoms with Crippen molar-refractivity contribution in [3.63, 3.8) is 0 Å². The number of phenolic OH excluding ortho intramolecular Hbond substituents is 1. The molecule has 1 fully saturated rings. The zero-order valence-electron chi connectivity index (χ0n) is 14.0. The second kappa shape index (κ2) is 6.80. The Labute approximate surface area is 149 Å². The number of pyridine rings is 1. The van der Waals surface area contributed by atoms with Crippen molar-refractivity contribution in [2.45, 2.75) is 18.9 Å². The highest BCUT2D eigenvalue weighted by Crippen LogP contribution is 2.22. The normalized spacial score (nSPS) is 16.9. The number of fused-ring (bicyclic) bond motifs is 1. The fraction of sp³-hybridized carbons (Fsp3) is 0.250. The molecule has 134 valence electrons. The third-order valence-electron chi connectivity index (χ3n) is 4.53. The van der Waals surface area contributed by atoms with Crippen LogP contribution in [0.5, 0.6) is 11.5 Å². The van der Waals surface area contributed by atoms with Gasteiger partial charge in [-0.3, -0.25) is 9.36 Å². The Bertz CT molecular complexity index is 1010. The van der Waals surface area contributed by atoms with Gasteiger partial charge in [0.05, 0.1) is 11.8 Å². The van der Waals surface area contributed by atoms with Crippen LogP contribution in [0.15, 0.2) is 53.5 Å². The van der Waals surface area contributed by atoms with E-state index in [1.165, 1.54) is 22.9 Å². The van der Waals surface area contributed by atoms with Crippen LogP contribution in [-0.2, 0) is 4.74 Å². The van der Waals surface area contributed by atoms with Crippen molar-refractivity contribution in [3.8, 4) is 17.2 Å². The van der Waals surface area contributed by atoms with Gasteiger partial charge in [-0.25, -0.2) is 4.39 Å². The topological polar surface area (TPSA) is 60.7 Å². The molecule has 1 saturated heterocycles. The lowest BCUT2D eigenvalue weighted by atomic mass is 10.1. The second-order valence-corrected chi connectivity index (χ2v) is 6.32. The van der Waals surface area contributed by atoms with Crippen LogP contribution in [0.4, 0.5) is 4.39 Å². The maximum atomic E-state index is 14.1. The number of hydrogen-bond acceptors (Lipinski definition) is 4. The highest BCUT2D eigenvalue weighted by atomic mass is 19.1. The van der Waals surface area contributed by atoms with E-state index < -0.39 is 5.82 Å². The van der Waals surface area contributed by atoms with E-state index in [9.17, 15) is 14.3 Å². The summed E-state index contributed by atoms with van der Waals surface area (Å²) >= 11 is 0. The van der Waals surface area contributed by atoms with Crippen LogP contribution < -0.4 is 10.3 Å². The molecule has 1 aromatic heterocycles. The first-order chi connectivity index (χ1) is 12.6. The average Bonchev–Trinajstić information content (AvgIpc) is 3.15. The van der Waals surface area contributed by atoms with Crippen molar-refractivity contribution in [3.05, 3.63) is 64.8 Å². The molecule has 0 spiro atoms. The van der Waals surface area contributed by atoms with Gasteiger partial charge in [0.2, 0.25) is 0 Å². The quantitative estimate of drug-likeness (QED) is 0.779. The Kier molecular flexibility index (Phi) is 4.34. The predicted molar refractivity (Wildman–Crippen MR) is 95.6 cm³/mol. The molecule has 1 unspecified atom stereocenters. The molecule has 3 aromatic rings. The van der Waals surface area contributed by atoms with Gasteiger partial charge in [0.15, 0.2) is 5.82 Å². The van der Waals surface area contributed by atoms with Gasteiger partial charge in [-0.05, 0) is 54.6 Å². The van der Waals surface area contributed by atoms with Crippen molar-refractivity contribution >= 4 is 10.8 Å². The predicted octanol–water partition coefficient (Wildman–Crippen LogP) is 3.39. The molecule has 26 heavy (non-hydrogen) atoms. The molecule has 6 heteroatoms. The van der Waals surface area contributed by atoms with Gasteiger partial charge >= 0.3 is 0 Å². The SMILES string of the molecule is O=c1c2ccc(OCC3CCCO3)cc2ccn1-c1ccc(O)cc1F. The number of aromatic nitrogens is 1. The van der Waals surface area contributed by atoms with E-state index in [0.29, 0.717) is 17.7 Å². The molecule has 0 radical (unpaired) electrons. The first-order valence-corrected chi connectivity index (χ1v) is 8.50. The number of phenols is 1. The number of benzene rings is 2. The van der Waals surface area contributed by atoms with Crippen LogP contribution in [0.25, 0.3) is 16.5 Å². The summed E-state index contributed by atoms with van der Waals surface area (Å²) in [4.78, 5) is 12.7. The van der Waals surface area contributed by atoms with Crippen molar-refractivity contribution in [2.24, 2.45) is 0 Å². The number of hydrogen-bond donors (Lipinski definition) is 1. The van der Waals surface area contributed by atoms with Gasteiger partial charge in [-0.1, -0.05) is 0 Å². The lowest BCUT2D eigenvalue weighted by molar-refractivity contribution is 0.0680. The van der Waals surface area contributed by atoms with Gasteiger partial charge in [0.1, 0.15) is 18.1 Å². The summed E-state index contributed by atoms with van der Waals surface area (Å²) in [7, 11) is 0. The zero-order valence-corrected chi connectivity index (χ0v) is 14.0. The van der Waals surface area contributed by atoms with E-state index in [-0.39, 0.29) is 23.1 Å². The van der Waals surface area contributed by atoms with Crippen LogP contribution in [0.3, 0.4) is 0 Å². The molecular weight excluding hydrogens is 337 g/mol. The fourth-order valence-electron chi connectivity index (χ4n) is 3.16. The molecule has 1 atom stereocenters. The van der Waals surface area contributed by atoms with Crippen LogP contribution in [0.2, 0.25) is 0 Å². The smallest absolute Gasteiger partial charge is 0.263 e. The minimum absolute atomic E-state index is 0.0911. The summed E-state index contributed by atoms with van der Waals surface area (Å²) in [6.45, 7) is 1.26. The Hall–Kier alpha value is -2.86. The first-order valence-electron chi connectivity index (χ1n) is 8.50. The first kappa shape index (κ1) is 16.6. The van der Waals surface area contributed by atoms with Gasteiger partial charge < -0.3 is 14.6 Å². The average molecular weight is 355 g/mol. The van der Waals surface area contributed by atoms with E-state index in [0.717, 1.165) is 30.9 Å². The third kappa shape index (κ3) is 3.15. The minimum Gasteiger partial charge on any atom is -0.508 e. The Morgan fingerprint density at radius 2 is 2.12 bits per heavy atom. The number of halogens is 1. The molecule has 5 nitrogen and oxygen atoms in total. The number of rotatable bonds is 4. The summed E-state index contributed by atoms with van der Waals surface area (Å²) in [5.41, 5.74) is -0.244. The van der Waals surface area contributed by atoms with Gasteiger partial charge in [0, 0.05) is 24.3 Å². The summed E-state index contributed by atoms with van der Waals surface area (Å²) in [5, 5.41) is 10.5. The van der Waals surface area contributed by atoms with Gasteiger partial charge in [-0.2, -0.15) is 0 Å². The maximum absolute atomic E-state index is 14.1. The van der Waals surface area contributed by atoms with Crippen LogP contribution in [0, 0.1) is 5.82 Å². The summed E-state index contributed by atoms with van der Waals surface area (Å²) in [6, 6.07) is 10.6. The van der Waals surface area contributed by atoms with Crippen molar-refractivity contribution in [1.82, 2.24) is 4.57 Å². The molecular formula is C20H18FNO4. The van der Waals surface area contributed by atoms with Crippen LogP contribution >= 0.6 is 0 Å². The Balaban J connectivity index is 1.65. The van der Waals surface area contributed by atoms with Crippen molar-refractivity contribution < 1.29 is 19.0 Å². The van der Waals surface area contributed by atoms with Gasteiger partial charge in [-0.15, -0.1) is 0 Å². The molecule has 0 amide bonds. The van der Waals surface area contributed by atoms with E-state index in [2.05, 4.69) is 0 Å². The molecule has 1 aliphatic rings. The lowest BCUT2D eigenvalue weighted by Crippen LogP contribution is -2.19. The molecule has 0 saturated carbocycles. The highest BCUT2D eigenvalue weighted by Gasteiger charge is 2.16. The summed E-state index contributed by atoms with van der Waals surface area (Å²) in [5.74, 6) is -0.183.